The predicted octanol–water partition coefficient (Wildman–Crippen LogP) is 1.91. The molecule has 1 aliphatic rings. The van der Waals surface area contributed by atoms with Gasteiger partial charge >= 0.3 is 0 Å². The molecular weight excluding hydrogens is 266 g/mol. The first kappa shape index (κ1) is 14.0. The molecule has 1 fully saturated rings. The molecule has 6 heteroatoms. The van der Waals surface area contributed by atoms with E-state index in [1.807, 2.05) is 17.7 Å². The van der Waals surface area contributed by atoms with Crippen LogP contribution in [0.3, 0.4) is 0 Å². The van der Waals surface area contributed by atoms with E-state index in [2.05, 4.69) is 33.4 Å². The highest BCUT2D eigenvalue weighted by Gasteiger charge is 2.19. The molecule has 6 nitrogen and oxygen atoms in total. The van der Waals surface area contributed by atoms with Crippen molar-refractivity contribution in [3.63, 3.8) is 0 Å². The first-order chi connectivity index (χ1) is 10.2. The van der Waals surface area contributed by atoms with Gasteiger partial charge in [-0.3, -0.25) is 4.68 Å². The fourth-order valence-electron chi connectivity index (χ4n) is 2.65. The Morgan fingerprint density at radius 3 is 2.95 bits per heavy atom. The fraction of sp³-hybridized carbons (Fsp3) is 0.533. The zero-order valence-corrected chi connectivity index (χ0v) is 12.5. The van der Waals surface area contributed by atoms with Crippen LogP contribution in [0.1, 0.15) is 29.4 Å². The van der Waals surface area contributed by atoms with Crippen LogP contribution in [0.4, 0.5) is 5.82 Å². The first-order valence-corrected chi connectivity index (χ1v) is 7.37. The van der Waals surface area contributed by atoms with Gasteiger partial charge < -0.3 is 10.1 Å². The summed E-state index contributed by atoms with van der Waals surface area (Å²) in [5.41, 5.74) is 3.30. The molecule has 0 spiro atoms. The van der Waals surface area contributed by atoms with Gasteiger partial charge in [-0.05, 0) is 26.3 Å². The summed E-state index contributed by atoms with van der Waals surface area (Å²) in [4.78, 5) is 8.63. The molecule has 2 aromatic rings. The normalized spacial score (nSPS) is 18.1. The van der Waals surface area contributed by atoms with E-state index in [0.717, 1.165) is 49.9 Å². The van der Waals surface area contributed by atoms with Crippen molar-refractivity contribution in [2.45, 2.75) is 32.7 Å². The molecule has 2 aromatic heterocycles. The summed E-state index contributed by atoms with van der Waals surface area (Å²) in [7, 11) is 0. The average Bonchev–Trinajstić information content (AvgIpc) is 3.10. The molecule has 0 aliphatic carbocycles. The summed E-state index contributed by atoms with van der Waals surface area (Å²) in [5.74, 6) is 1.28. The van der Waals surface area contributed by atoms with E-state index in [9.17, 15) is 0 Å². The Balaban J connectivity index is 1.57. The van der Waals surface area contributed by atoms with Crippen LogP contribution in [0.5, 0.6) is 0 Å². The molecular formula is C15H21N5O. The summed E-state index contributed by atoms with van der Waals surface area (Å²) >= 11 is 0. The van der Waals surface area contributed by atoms with Crippen molar-refractivity contribution in [2.75, 3.05) is 25.1 Å². The van der Waals surface area contributed by atoms with Gasteiger partial charge in [0, 0.05) is 30.8 Å². The Morgan fingerprint density at radius 1 is 1.33 bits per heavy atom. The van der Waals surface area contributed by atoms with E-state index in [-0.39, 0.29) is 0 Å². The molecule has 0 bridgehead atoms. The minimum Gasteiger partial charge on any atom is -0.381 e. The van der Waals surface area contributed by atoms with Crippen LogP contribution in [0, 0.1) is 13.8 Å². The lowest BCUT2D eigenvalue weighted by Crippen LogP contribution is -2.14. The zero-order valence-electron chi connectivity index (χ0n) is 12.5. The molecule has 0 amide bonds. The second-order valence-electron chi connectivity index (χ2n) is 5.47. The third kappa shape index (κ3) is 3.39. The molecule has 0 unspecified atom stereocenters. The third-order valence-electron chi connectivity index (χ3n) is 3.77. The van der Waals surface area contributed by atoms with E-state index in [4.69, 9.17) is 4.74 Å². The van der Waals surface area contributed by atoms with Crippen LogP contribution in [0.2, 0.25) is 0 Å². The molecule has 21 heavy (non-hydrogen) atoms. The van der Waals surface area contributed by atoms with E-state index >= 15 is 0 Å². The van der Waals surface area contributed by atoms with E-state index < -0.39 is 0 Å². The standard InChI is InChI=1S/C15H21N5O/c1-11-7-12(2)20(19-11)5-4-16-15-8-14(17-10-18-15)13-3-6-21-9-13/h7-8,10,13H,3-6,9H2,1-2H3,(H,16,17,18)/t13-/m0/s1. The van der Waals surface area contributed by atoms with Gasteiger partial charge in [0.2, 0.25) is 0 Å². The summed E-state index contributed by atoms with van der Waals surface area (Å²) in [6, 6.07) is 4.11. The first-order valence-electron chi connectivity index (χ1n) is 7.37. The second-order valence-corrected chi connectivity index (χ2v) is 5.47. The smallest absolute Gasteiger partial charge is 0.129 e. The molecule has 1 aliphatic heterocycles. The number of rotatable bonds is 5. The van der Waals surface area contributed by atoms with Crippen molar-refractivity contribution in [2.24, 2.45) is 0 Å². The number of aromatic nitrogens is 4. The largest absolute Gasteiger partial charge is 0.381 e. The van der Waals surface area contributed by atoms with Gasteiger partial charge in [0.05, 0.1) is 24.5 Å². The molecule has 3 heterocycles. The van der Waals surface area contributed by atoms with Crippen LogP contribution >= 0.6 is 0 Å². The van der Waals surface area contributed by atoms with Gasteiger partial charge in [-0.2, -0.15) is 5.10 Å². The Bertz CT molecular complexity index is 604. The van der Waals surface area contributed by atoms with Crippen LogP contribution in [0.15, 0.2) is 18.5 Å². The number of anilines is 1. The Labute approximate surface area is 124 Å². The maximum absolute atomic E-state index is 5.41. The van der Waals surface area contributed by atoms with Crippen LogP contribution in [-0.4, -0.2) is 39.5 Å². The predicted molar refractivity (Wildman–Crippen MR) is 80.4 cm³/mol. The van der Waals surface area contributed by atoms with Crippen LogP contribution < -0.4 is 5.32 Å². The molecule has 1 N–H and O–H groups in total. The van der Waals surface area contributed by atoms with E-state index in [1.165, 1.54) is 5.69 Å². The summed E-state index contributed by atoms with van der Waals surface area (Å²) in [5, 5.41) is 7.79. The molecule has 0 saturated carbocycles. The Hall–Kier alpha value is -1.95. The molecule has 3 rings (SSSR count). The van der Waals surface area contributed by atoms with E-state index in [1.54, 1.807) is 6.33 Å². The lowest BCUT2D eigenvalue weighted by Gasteiger charge is -2.10. The highest BCUT2D eigenvalue weighted by atomic mass is 16.5. The van der Waals surface area contributed by atoms with Crippen LogP contribution in [-0.2, 0) is 11.3 Å². The zero-order chi connectivity index (χ0) is 14.7. The SMILES string of the molecule is Cc1cc(C)n(CCNc2cc([C@H]3CCOC3)ncn2)n1. The van der Waals surface area contributed by atoms with Crippen molar-refractivity contribution in [1.29, 1.82) is 0 Å². The summed E-state index contributed by atoms with van der Waals surface area (Å²) < 4.78 is 7.42. The number of nitrogens with zero attached hydrogens (tertiary/aromatic N) is 4. The van der Waals surface area contributed by atoms with Gasteiger partial charge in [-0.1, -0.05) is 0 Å². The monoisotopic (exact) mass is 287 g/mol. The van der Waals surface area contributed by atoms with Crippen molar-refractivity contribution in [3.8, 4) is 0 Å². The van der Waals surface area contributed by atoms with Gasteiger partial charge in [-0.25, -0.2) is 9.97 Å². The lowest BCUT2D eigenvalue weighted by molar-refractivity contribution is 0.193. The maximum Gasteiger partial charge on any atom is 0.129 e. The molecule has 0 aromatic carbocycles. The number of hydrogen-bond donors (Lipinski definition) is 1. The molecule has 1 saturated heterocycles. The molecule has 112 valence electrons. The highest BCUT2D eigenvalue weighted by molar-refractivity contribution is 5.35. The van der Waals surface area contributed by atoms with E-state index in [0.29, 0.717) is 5.92 Å². The van der Waals surface area contributed by atoms with Crippen molar-refractivity contribution in [3.05, 3.63) is 35.5 Å². The Morgan fingerprint density at radius 2 is 2.24 bits per heavy atom. The van der Waals surface area contributed by atoms with Gasteiger partial charge in [-0.15, -0.1) is 0 Å². The third-order valence-corrected chi connectivity index (χ3v) is 3.77. The second kappa shape index (κ2) is 6.22. The molecule has 1 atom stereocenters. The lowest BCUT2D eigenvalue weighted by atomic mass is 10.1. The van der Waals surface area contributed by atoms with Crippen molar-refractivity contribution >= 4 is 5.82 Å². The van der Waals surface area contributed by atoms with Crippen molar-refractivity contribution in [1.82, 2.24) is 19.7 Å². The van der Waals surface area contributed by atoms with Gasteiger partial charge in [0.25, 0.3) is 0 Å². The minimum atomic E-state index is 0.407. The average molecular weight is 287 g/mol. The maximum atomic E-state index is 5.41. The highest BCUT2D eigenvalue weighted by Crippen LogP contribution is 2.24. The topological polar surface area (TPSA) is 64.9 Å². The molecule has 0 radical (unpaired) electrons. The van der Waals surface area contributed by atoms with Gasteiger partial charge in [0.1, 0.15) is 12.1 Å². The number of ether oxygens (including phenoxy) is 1. The van der Waals surface area contributed by atoms with Gasteiger partial charge in [0.15, 0.2) is 0 Å². The number of aryl methyl sites for hydroxylation is 2. The van der Waals surface area contributed by atoms with Crippen LogP contribution in [0.25, 0.3) is 0 Å². The number of nitrogens with one attached hydrogen (secondary N) is 1. The fourth-order valence-corrected chi connectivity index (χ4v) is 2.65. The van der Waals surface area contributed by atoms with Crippen molar-refractivity contribution < 1.29 is 4.74 Å². The number of hydrogen-bond acceptors (Lipinski definition) is 5. The Kier molecular flexibility index (Phi) is 4.15. The summed E-state index contributed by atoms with van der Waals surface area (Å²) in [6.45, 7) is 7.29. The quantitative estimate of drug-likeness (QED) is 0.910. The minimum absolute atomic E-state index is 0.407. The summed E-state index contributed by atoms with van der Waals surface area (Å²) in [6.07, 6.45) is 2.67.